The molecule has 2 fully saturated rings. The summed E-state index contributed by atoms with van der Waals surface area (Å²) in [5.74, 6) is 1.51. The summed E-state index contributed by atoms with van der Waals surface area (Å²) < 4.78 is 1.75. The maximum absolute atomic E-state index is 12.3. The highest BCUT2D eigenvalue weighted by molar-refractivity contribution is 5.79. The smallest absolute Gasteiger partial charge is 0.222 e. The fourth-order valence-corrected chi connectivity index (χ4v) is 3.34. The molecule has 5 heteroatoms. The van der Waals surface area contributed by atoms with Gasteiger partial charge in [-0.2, -0.15) is 5.10 Å². The van der Waals surface area contributed by atoms with Crippen molar-refractivity contribution >= 4 is 16.8 Å². The summed E-state index contributed by atoms with van der Waals surface area (Å²) in [6.45, 7) is 0.495. The zero-order chi connectivity index (χ0) is 15.8. The molecule has 0 unspecified atom stereocenters. The van der Waals surface area contributed by atoms with Crippen molar-refractivity contribution in [2.45, 2.75) is 44.7 Å². The second kappa shape index (κ2) is 5.80. The van der Waals surface area contributed by atoms with Crippen LogP contribution in [0.15, 0.2) is 35.3 Å². The molecule has 5 nitrogen and oxygen atoms in total. The topological polar surface area (TPSA) is 64.0 Å². The Kier molecular flexibility index (Phi) is 3.63. The highest BCUT2D eigenvalue weighted by Gasteiger charge is 2.42. The molecule has 0 spiro atoms. The third-order valence-electron chi connectivity index (χ3n) is 4.90. The molecule has 1 N–H and O–H groups in total. The Morgan fingerprint density at radius 2 is 1.91 bits per heavy atom. The number of amides is 1. The average Bonchev–Trinajstić information content (AvgIpc) is 3.46. The van der Waals surface area contributed by atoms with Crippen LogP contribution < -0.4 is 10.7 Å². The first-order valence-electron chi connectivity index (χ1n) is 8.46. The van der Waals surface area contributed by atoms with E-state index in [-0.39, 0.29) is 11.3 Å². The standard InChI is InChI=1S/C18H21N3O2/c22-16-11-19-21(15-4-2-1-3-14(15)16)10-9-17(23)20-18(12-5-6-12)13-7-8-13/h1-4,11-13,18H,5-10H2,(H,20,23). The molecule has 120 valence electrons. The number of benzene rings is 1. The second-order valence-corrected chi connectivity index (χ2v) is 6.77. The van der Waals surface area contributed by atoms with Gasteiger partial charge in [0, 0.05) is 17.8 Å². The van der Waals surface area contributed by atoms with E-state index >= 15 is 0 Å². The number of hydrogen-bond acceptors (Lipinski definition) is 3. The number of nitrogens with zero attached hydrogens (tertiary/aromatic N) is 2. The van der Waals surface area contributed by atoms with Gasteiger partial charge in [0.1, 0.15) is 0 Å². The summed E-state index contributed by atoms with van der Waals surface area (Å²) >= 11 is 0. The molecule has 1 aromatic carbocycles. The van der Waals surface area contributed by atoms with Crippen molar-refractivity contribution in [2.75, 3.05) is 0 Å². The molecule has 0 radical (unpaired) electrons. The van der Waals surface area contributed by atoms with Crippen LogP contribution in [-0.2, 0) is 11.3 Å². The molecule has 1 amide bonds. The van der Waals surface area contributed by atoms with Gasteiger partial charge in [0.25, 0.3) is 0 Å². The Morgan fingerprint density at radius 3 is 2.61 bits per heavy atom. The molecule has 23 heavy (non-hydrogen) atoms. The number of rotatable bonds is 6. The lowest BCUT2D eigenvalue weighted by molar-refractivity contribution is -0.122. The van der Waals surface area contributed by atoms with Gasteiger partial charge in [-0.15, -0.1) is 0 Å². The number of aryl methyl sites for hydroxylation is 1. The van der Waals surface area contributed by atoms with Crippen molar-refractivity contribution in [2.24, 2.45) is 11.8 Å². The van der Waals surface area contributed by atoms with Gasteiger partial charge in [-0.3, -0.25) is 14.3 Å². The Hall–Kier alpha value is -2.17. The van der Waals surface area contributed by atoms with Gasteiger partial charge >= 0.3 is 0 Å². The SMILES string of the molecule is O=C(CCn1ncc(=O)c2ccccc21)NC(C1CC1)C1CC1. The van der Waals surface area contributed by atoms with Gasteiger partial charge in [0.15, 0.2) is 0 Å². The van der Waals surface area contributed by atoms with E-state index in [0.717, 1.165) is 5.52 Å². The van der Waals surface area contributed by atoms with E-state index in [0.29, 0.717) is 36.2 Å². The van der Waals surface area contributed by atoms with E-state index in [1.807, 2.05) is 18.2 Å². The minimum Gasteiger partial charge on any atom is -0.353 e. The van der Waals surface area contributed by atoms with Crippen LogP contribution in [0.4, 0.5) is 0 Å². The Labute approximate surface area is 134 Å². The van der Waals surface area contributed by atoms with Crippen LogP contribution in [0.2, 0.25) is 0 Å². The fraction of sp³-hybridized carbons (Fsp3) is 0.500. The highest BCUT2D eigenvalue weighted by atomic mass is 16.1. The van der Waals surface area contributed by atoms with E-state index in [4.69, 9.17) is 0 Å². The number of carbonyl (C=O) groups excluding carboxylic acids is 1. The predicted molar refractivity (Wildman–Crippen MR) is 88.0 cm³/mol. The maximum Gasteiger partial charge on any atom is 0.222 e. The molecule has 0 aliphatic heterocycles. The van der Waals surface area contributed by atoms with E-state index in [1.165, 1.54) is 31.9 Å². The number of para-hydroxylation sites is 1. The molecule has 2 aliphatic carbocycles. The number of nitrogens with one attached hydrogen (secondary N) is 1. The van der Waals surface area contributed by atoms with Gasteiger partial charge in [0.05, 0.1) is 18.3 Å². The molecule has 1 heterocycles. The molecule has 4 rings (SSSR count). The van der Waals surface area contributed by atoms with Crippen LogP contribution >= 0.6 is 0 Å². The van der Waals surface area contributed by atoms with Crippen molar-refractivity contribution in [3.8, 4) is 0 Å². The largest absolute Gasteiger partial charge is 0.353 e. The highest BCUT2D eigenvalue weighted by Crippen LogP contribution is 2.44. The summed E-state index contributed by atoms with van der Waals surface area (Å²) in [4.78, 5) is 24.1. The molecule has 1 aromatic heterocycles. The van der Waals surface area contributed by atoms with Crippen molar-refractivity contribution in [1.29, 1.82) is 0 Å². The molecule has 2 aromatic rings. The molecule has 2 saturated carbocycles. The Morgan fingerprint density at radius 1 is 1.22 bits per heavy atom. The second-order valence-electron chi connectivity index (χ2n) is 6.77. The van der Waals surface area contributed by atoms with Crippen molar-refractivity contribution in [3.63, 3.8) is 0 Å². The Balaban J connectivity index is 1.43. The normalized spacial score (nSPS) is 17.6. The van der Waals surface area contributed by atoms with Gasteiger partial charge in [-0.05, 0) is 49.7 Å². The van der Waals surface area contributed by atoms with E-state index in [1.54, 1.807) is 10.7 Å². The van der Waals surface area contributed by atoms with Gasteiger partial charge in [-0.1, -0.05) is 12.1 Å². The summed E-state index contributed by atoms with van der Waals surface area (Å²) in [6, 6.07) is 7.79. The third kappa shape index (κ3) is 3.14. The number of hydrogen-bond donors (Lipinski definition) is 1. The lowest BCUT2D eigenvalue weighted by atomic mass is 10.1. The maximum atomic E-state index is 12.3. The first kappa shape index (κ1) is 14.4. The molecular weight excluding hydrogens is 290 g/mol. The van der Waals surface area contributed by atoms with Gasteiger partial charge < -0.3 is 5.32 Å². The minimum absolute atomic E-state index is 0.0798. The number of fused-ring (bicyclic) bond motifs is 1. The lowest BCUT2D eigenvalue weighted by Gasteiger charge is -2.18. The van der Waals surface area contributed by atoms with Crippen molar-refractivity contribution in [3.05, 3.63) is 40.7 Å². The van der Waals surface area contributed by atoms with Gasteiger partial charge in [-0.25, -0.2) is 0 Å². The predicted octanol–water partition coefficient (Wildman–Crippen LogP) is 2.09. The quantitative estimate of drug-likeness (QED) is 0.888. The lowest BCUT2D eigenvalue weighted by Crippen LogP contribution is -2.38. The molecule has 0 atom stereocenters. The third-order valence-corrected chi connectivity index (χ3v) is 4.90. The average molecular weight is 311 g/mol. The minimum atomic E-state index is -0.0798. The summed E-state index contributed by atoms with van der Waals surface area (Å²) in [7, 11) is 0. The summed E-state index contributed by atoms with van der Waals surface area (Å²) in [5.41, 5.74) is 0.706. The fourth-order valence-electron chi connectivity index (χ4n) is 3.34. The Bertz CT molecular complexity index is 778. The van der Waals surface area contributed by atoms with E-state index in [2.05, 4.69) is 10.4 Å². The monoisotopic (exact) mass is 311 g/mol. The molecule has 0 saturated heterocycles. The van der Waals surface area contributed by atoms with E-state index in [9.17, 15) is 9.59 Å². The van der Waals surface area contributed by atoms with Crippen LogP contribution in [0, 0.1) is 11.8 Å². The van der Waals surface area contributed by atoms with Crippen LogP contribution in [-0.4, -0.2) is 21.7 Å². The van der Waals surface area contributed by atoms with Crippen LogP contribution in [0.5, 0.6) is 0 Å². The summed E-state index contributed by atoms with van der Waals surface area (Å²) in [6.07, 6.45) is 6.76. The molecule has 0 bridgehead atoms. The molecule has 2 aliphatic rings. The molecular formula is C18H21N3O2. The summed E-state index contributed by atoms with van der Waals surface area (Å²) in [5, 5.41) is 8.06. The zero-order valence-corrected chi connectivity index (χ0v) is 13.1. The first-order chi connectivity index (χ1) is 11.2. The van der Waals surface area contributed by atoms with E-state index < -0.39 is 0 Å². The van der Waals surface area contributed by atoms with Crippen molar-refractivity contribution in [1.82, 2.24) is 15.1 Å². The first-order valence-corrected chi connectivity index (χ1v) is 8.46. The van der Waals surface area contributed by atoms with Gasteiger partial charge in [0.2, 0.25) is 11.3 Å². The van der Waals surface area contributed by atoms with Crippen LogP contribution in [0.3, 0.4) is 0 Å². The zero-order valence-electron chi connectivity index (χ0n) is 13.1. The number of carbonyl (C=O) groups is 1. The van der Waals surface area contributed by atoms with Crippen molar-refractivity contribution < 1.29 is 4.79 Å². The van der Waals surface area contributed by atoms with Crippen LogP contribution in [0.25, 0.3) is 10.9 Å². The number of aromatic nitrogens is 2. The van der Waals surface area contributed by atoms with Crippen LogP contribution in [0.1, 0.15) is 32.1 Å².